The minimum Gasteiger partial charge on any atom is -0.350 e. The van der Waals surface area contributed by atoms with Gasteiger partial charge in [0.2, 0.25) is 11.8 Å². The summed E-state index contributed by atoms with van der Waals surface area (Å²) < 4.78 is 29.5. The highest BCUT2D eigenvalue weighted by Crippen LogP contribution is 2.25. The Hall–Kier alpha value is -2.92. The van der Waals surface area contributed by atoms with Crippen LogP contribution in [-0.2, 0) is 26.0 Å². The van der Waals surface area contributed by atoms with Crippen LogP contribution < -0.4 is 9.62 Å². The number of sulfonamides is 1. The maximum atomic E-state index is 13.8. The molecule has 1 N–H and O–H groups in total. The molecule has 0 aliphatic carbocycles. The third kappa shape index (κ3) is 8.04. The van der Waals surface area contributed by atoms with Gasteiger partial charge in [0.05, 0.1) is 10.6 Å². The SMILES string of the molecule is C[C@H](C(=O)NC(C)(C)C)N(CCc1ccccc1)C(=O)CN(c1ccc(I)cc1)S(=O)(=O)c1ccccc1. The van der Waals surface area contributed by atoms with E-state index in [1.165, 1.54) is 17.0 Å². The van der Waals surface area contributed by atoms with Crippen molar-refractivity contribution in [1.82, 2.24) is 10.2 Å². The molecule has 0 spiro atoms. The van der Waals surface area contributed by atoms with Gasteiger partial charge in [-0.3, -0.25) is 13.9 Å². The number of benzene rings is 3. The van der Waals surface area contributed by atoms with E-state index in [2.05, 4.69) is 27.9 Å². The van der Waals surface area contributed by atoms with Crippen molar-refractivity contribution < 1.29 is 18.0 Å². The fourth-order valence-electron chi connectivity index (χ4n) is 3.90. The molecule has 0 bridgehead atoms. The summed E-state index contributed by atoms with van der Waals surface area (Å²) in [4.78, 5) is 28.5. The van der Waals surface area contributed by atoms with Gasteiger partial charge >= 0.3 is 0 Å². The molecule has 0 heterocycles. The minimum atomic E-state index is -4.05. The maximum absolute atomic E-state index is 13.8. The van der Waals surface area contributed by atoms with Gasteiger partial charge in [-0.1, -0.05) is 48.5 Å². The Morgan fingerprint density at radius 3 is 2.00 bits per heavy atom. The second-order valence-electron chi connectivity index (χ2n) is 10.0. The van der Waals surface area contributed by atoms with E-state index in [4.69, 9.17) is 0 Å². The van der Waals surface area contributed by atoms with Crippen molar-refractivity contribution in [2.75, 3.05) is 17.4 Å². The Morgan fingerprint density at radius 2 is 1.45 bits per heavy atom. The van der Waals surface area contributed by atoms with Crippen molar-refractivity contribution in [1.29, 1.82) is 0 Å². The fraction of sp³-hybridized carbons (Fsp3) is 0.310. The van der Waals surface area contributed by atoms with Crippen molar-refractivity contribution in [2.45, 2.75) is 50.6 Å². The lowest BCUT2D eigenvalue weighted by Crippen LogP contribution is -2.55. The van der Waals surface area contributed by atoms with Crippen LogP contribution in [0.3, 0.4) is 0 Å². The normalized spacial score (nSPS) is 12.4. The summed E-state index contributed by atoms with van der Waals surface area (Å²) in [7, 11) is -4.05. The van der Waals surface area contributed by atoms with Gasteiger partial charge in [0.25, 0.3) is 10.0 Å². The molecule has 0 radical (unpaired) electrons. The quantitative estimate of drug-likeness (QED) is 0.319. The van der Waals surface area contributed by atoms with Gasteiger partial charge in [-0.05, 0) is 98.7 Å². The molecule has 0 unspecified atom stereocenters. The first-order valence-corrected chi connectivity index (χ1v) is 14.9. The molecule has 9 heteroatoms. The molecule has 202 valence electrons. The first-order valence-electron chi connectivity index (χ1n) is 12.4. The van der Waals surface area contributed by atoms with Crippen LogP contribution in [0.5, 0.6) is 0 Å². The van der Waals surface area contributed by atoms with Crippen molar-refractivity contribution in [3.63, 3.8) is 0 Å². The number of rotatable bonds is 10. The van der Waals surface area contributed by atoms with E-state index in [-0.39, 0.29) is 17.3 Å². The molecule has 0 fully saturated rings. The Labute approximate surface area is 239 Å². The van der Waals surface area contributed by atoms with E-state index in [1.807, 2.05) is 51.1 Å². The highest BCUT2D eigenvalue weighted by atomic mass is 127. The summed E-state index contributed by atoms with van der Waals surface area (Å²) in [5.41, 5.74) is 0.904. The van der Waals surface area contributed by atoms with E-state index in [1.54, 1.807) is 49.4 Å². The topological polar surface area (TPSA) is 86.8 Å². The standard InChI is InChI=1S/C29H34IN3O4S/c1-22(28(35)31-29(2,3)4)32(20-19-23-11-7-5-8-12-23)27(34)21-33(25-17-15-24(30)16-18-25)38(36,37)26-13-9-6-10-14-26/h5-18,22H,19-21H2,1-4H3,(H,31,35)/t22-/m1/s1. The van der Waals surface area contributed by atoms with Gasteiger partial charge in [-0.2, -0.15) is 0 Å². The van der Waals surface area contributed by atoms with Gasteiger partial charge in [0.1, 0.15) is 12.6 Å². The molecule has 0 saturated heterocycles. The molecular weight excluding hydrogens is 613 g/mol. The van der Waals surface area contributed by atoms with E-state index in [0.717, 1.165) is 13.4 Å². The van der Waals surface area contributed by atoms with Crippen LogP contribution in [0.25, 0.3) is 0 Å². The summed E-state index contributed by atoms with van der Waals surface area (Å²) >= 11 is 2.14. The van der Waals surface area contributed by atoms with E-state index in [0.29, 0.717) is 12.1 Å². The van der Waals surface area contributed by atoms with Gasteiger partial charge in [0, 0.05) is 15.7 Å². The second-order valence-corrected chi connectivity index (χ2v) is 13.1. The number of halogens is 1. The first-order chi connectivity index (χ1) is 17.9. The molecule has 3 rings (SSSR count). The van der Waals surface area contributed by atoms with Gasteiger partial charge in [-0.15, -0.1) is 0 Å². The number of nitrogens with zero attached hydrogens (tertiary/aromatic N) is 2. The van der Waals surface area contributed by atoms with E-state index in [9.17, 15) is 18.0 Å². The van der Waals surface area contributed by atoms with Crippen LogP contribution in [-0.4, -0.2) is 49.8 Å². The van der Waals surface area contributed by atoms with Gasteiger partial charge in [0.15, 0.2) is 0 Å². The lowest BCUT2D eigenvalue weighted by Gasteiger charge is -2.33. The van der Waals surface area contributed by atoms with Crippen molar-refractivity contribution in [3.05, 3.63) is 94.1 Å². The highest BCUT2D eigenvalue weighted by molar-refractivity contribution is 14.1. The molecule has 0 aliphatic heterocycles. The third-order valence-electron chi connectivity index (χ3n) is 5.87. The molecule has 0 aromatic heterocycles. The first kappa shape index (κ1) is 29.6. The number of hydrogen-bond acceptors (Lipinski definition) is 4. The van der Waals surface area contributed by atoms with Crippen LogP contribution in [0.1, 0.15) is 33.3 Å². The van der Waals surface area contributed by atoms with Crippen LogP contribution in [0, 0.1) is 3.57 Å². The number of carbonyl (C=O) groups is 2. The lowest BCUT2D eigenvalue weighted by molar-refractivity contribution is -0.139. The highest BCUT2D eigenvalue weighted by Gasteiger charge is 2.33. The van der Waals surface area contributed by atoms with E-state index < -0.39 is 34.1 Å². The summed E-state index contributed by atoms with van der Waals surface area (Å²) in [6, 6.07) is 23.9. The molecule has 2 amide bonds. The van der Waals surface area contributed by atoms with Crippen LogP contribution in [0.15, 0.2) is 89.8 Å². The molecule has 0 aliphatic rings. The predicted octanol–water partition coefficient (Wildman–Crippen LogP) is 4.86. The molecule has 38 heavy (non-hydrogen) atoms. The van der Waals surface area contributed by atoms with Crippen molar-refractivity contribution in [2.24, 2.45) is 0 Å². The number of amides is 2. The monoisotopic (exact) mass is 647 g/mol. The average molecular weight is 648 g/mol. The van der Waals surface area contributed by atoms with Crippen molar-refractivity contribution >= 4 is 50.1 Å². The zero-order valence-corrected chi connectivity index (χ0v) is 25.1. The number of carbonyl (C=O) groups excluding carboxylic acids is 2. The zero-order chi connectivity index (χ0) is 27.9. The van der Waals surface area contributed by atoms with Crippen LogP contribution in [0.4, 0.5) is 5.69 Å². The third-order valence-corrected chi connectivity index (χ3v) is 8.38. The Morgan fingerprint density at radius 1 is 0.895 bits per heavy atom. The minimum absolute atomic E-state index is 0.0840. The summed E-state index contributed by atoms with van der Waals surface area (Å²) in [6.45, 7) is 7.11. The number of nitrogens with one attached hydrogen (secondary N) is 1. The molecule has 0 saturated carbocycles. The van der Waals surface area contributed by atoms with Crippen LogP contribution >= 0.6 is 22.6 Å². The second kappa shape index (κ2) is 12.8. The van der Waals surface area contributed by atoms with Crippen LogP contribution in [0.2, 0.25) is 0 Å². The Bertz CT molecular complexity index is 1330. The van der Waals surface area contributed by atoms with Gasteiger partial charge < -0.3 is 10.2 Å². The molecule has 1 atom stereocenters. The fourth-order valence-corrected chi connectivity index (χ4v) is 5.69. The summed E-state index contributed by atoms with van der Waals surface area (Å²) in [5.74, 6) is -0.763. The van der Waals surface area contributed by atoms with Gasteiger partial charge in [-0.25, -0.2) is 8.42 Å². The Balaban J connectivity index is 1.96. The van der Waals surface area contributed by atoms with Crippen molar-refractivity contribution in [3.8, 4) is 0 Å². The number of anilines is 1. The summed E-state index contributed by atoms with van der Waals surface area (Å²) in [5, 5.41) is 2.93. The van der Waals surface area contributed by atoms with E-state index >= 15 is 0 Å². The largest absolute Gasteiger partial charge is 0.350 e. The predicted molar refractivity (Wildman–Crippen MR) is 159 cm³/mol. The molecular formula is C29H34IN3O4S. The average Bonchev–Trinajstić information content (AvgIpc) is 2.88. The summed E-state index contributed by atoms with van der Waals surface area (Å²) in [6.07, 6.45) is 0.523. The molecule has 3 aromatic rings. The maximum Gasteiger partial charge on any atom is 0.264 e. The number of hydrogen-bond donors (Lipinski definition) is 1. The Kier molecular flexibility index (Phi) is 9.94. The zero-order valence-electron chi connectivity index (χ0n) is 22.1. The smallest absolute Gasteiger partial charge is 0.264 e. The molecule has 3 aromatic carbocycles. The lowest BCUT2D eigenvalue weighted by atomic mass is 10.1. The molecule has 7 nitrogen and oxygen atoms in total.